The standard InChI is InChI=1S/C12H21NO2/c1-15-12(14)11-7-10(8-13-11)9-5-3-2-4-6-9/h9-11,13H,2-8H2,1H3. The highest BCUT2D eigenvalue weighted by Crippen LogP contribution is 2.34. The molecule has 0 aromatic carbocycles. The Kier molecular flexibility index (Phi) is 3.62. The van der Waals surface area contributed by atoms with E-state index >= 15 is 0 Å². The first-order valence-electron chi connectivity index (χ1n) is 6.12. The molecule has 2 unspecified atom stereocenters. The second kappa shape index (κ2) is 4.97. The molecule has 2 atom stereocenters. The number of carbonyl (C=O) groups excluding carboxylic acids is 1. The summed E-state index contributed by atoms with van der Waals surface area (Å²) < 4.78 is 4.77. The zero-order valence-corrected chi connectivity index (χ0v) is 9.50. The Morgan fingerprint density at radius 2 is 1.93 bits per heavy atom. The lowest BCUT2D eigenvalue weighted by Gasteiger charge is -2.26. The molecule has 1 saturated heterocycles. The number of nitrogens with one attached hydrogen (secondary N) is 1. The fraction of sp³-hybridized carbons (Fsp3) is 0.917. The van der Waals surface area contributed by atoms with Crippen molar-refractivity contribution in [3.05, 3.63) is 0 Å². The zero-order chi connectivity index (χ0) is 10.7. The van der Waals surface area contributed by atoms with Gasteiger partial charge in [-0.25, -0.2) is 0 Å². The smallest absolute Gasteiger partial charge is 0.322 e. The minimum atomic E-state index is -0.0895. The van der Waals surface area contributed by atoms with Crippen LogP contribution in [0.4, 0.5) is 0 Å². The monoisotopic (exact) mass is 211 g/mol. The molecule has 1 saturated carbocycles. The Morgan fingerprint density at radius 1 is 1.20 bits per heavy atom. The Labute approximate surface area is 91.6 Å². The van der Waals surface area contributed by atoms with Crippen LogP contribution in [0.3, 0.4) is 0 Å². The molecular weight excluding hydrogens is 190 g/mol. The predicted molar refractivity (Wildman–Crippen MR) is 58.5 cm³/mol. The molecule has 0 aromatic rings. The normalized spacial score (nSPS) is 32.9. The lowest BCUT2D eigenvalue weighted by molar-refractivity contribution is -0.142. The first-order chi connectivity index (χ1) is 7.31. The molecule has 2 fully saturated rings. The maximum atomic E-state index is 11.4. The number of ether oxygens (including phenoxy) is 1. The van der Waals surface area contributed by atoms with Gasteiger partial charge in [0.2, 0.25) is 0 Å². The number of carbonyl (C=O) groups is 1. The van der Waals surface area contributed by atoms with Gasteiger partial charge in [-0.05, 0) is 24.8 Å². The Balaban J connectivity index is 1.83. The van der Waals surface area contributed by atoms with Gasteiger partial charge in [-0.2, -0.15) is 0 Å². The number of hydrogen-bond donors (Lipinski definition) is 1. The van der Waals surface area contributed by atoms with Crippen LogP contribution < -0.4 is 5.32 Å². The van der Waals surface area contributed by atoms with Gasteiger partial charge in [0.25, 0.3) is 0 Å². The van der Waals surface area contributed by atoms with Crippen molar-refractivity contribution in [2.75, 3.05) is 13.7 Å². The van der Waals surface area contributed by atoms with Gasteiger partial charge in [0.1, 0.15) is 6.04 Å². The molecule has 2 rings (SSSR count). The molecule has 86 valence electrons. The summed E-state index contributed by atoms with van der Waals surface area (Å²) >= 11 is 0. The topological polar surface area (TPSA) is 38.3 Å². The van der Waals surface area contributed by atoms with Gasteiger partial charge in [0.15, 0.2) is 0 Å². The van der Waals surface area contributed by atoms with Gasteiger partial charge in [0, 0.05) is 0 Å². The van der Waals surface area contributed by atoms with Crippen LogP contribution in [0.2, 0.25) is 0 Å². The summed E-state index contributed by atoms with van der Waals surface area (Å²) in [6.45, 7) is 1.00. The second-order valence-corrected chi connectivity index (χ2v) is 4.88. The van der Waals surface area contributed by atoms with Gasteiger partial charge < -0.3 is 10.1 Å². The van der Waals surface area contributed by atoms with Crippen molar-refractivity contribution in [1.82, 2.24) is 5.32 Å². The molecule has 2 aliphatic rings. The molecule has 0 spiro atoms. The average molecular weight is 211 g/mol. The summed E-state index contributed by atoms with van der Waals surface area (Å²) in [5, 5.41) is 3.28. The first-order valence-corrected chi connectivity index (χ1v) is 6.12. The van der Waals surface area contributed by atoms with Crippen LogP contribution >= 0.6 is 0 Å². The molecule has 1 aliphatic carbocycles. The van der Waals surface area contributed by atoms with Crippen LogP contribution in [0.15, 0.2) is 0 Å². The summed E-state index contributed by atoms with van der Waals surface area (Å²) in [6.07, 6.45) is 7.86. The van der Waals surface area contributed by atoms with Crippen molar-refractivity contribution in [3.63, 3.8) is 0 Å². The molecule has 1 heterocycles. The second-order valence-electron chi connectivity index (χ2n) is 4.88. The highest BCUT2D eigenvalue weighted by molar-refractivity contribution is 5.76. The minimum Gasteiger partial charge on any atom is -0.468 e. The largest absolute Gasteiger partial charge is 0.468 e. The zero-order valence-electron chi connectivity index (χ0n) is 9.50. The van der Waals surface area contributed by atoms with E-state index in [0.29, 0.717) is 5.92 Å². The average Bonchev–Trinajstić information content (AvgIpc) is 2.78. The molecule has 1 aliphatic heterocycles. The first kappa shape index (κ1) is 10.9. The van der Waals surface area contributed by atoms with E-state index in [-0.39, 0.29) is 12.0 Å². The number of hydrogen-bond acceptors (Lipinski definition) is 3. The highest BCUT2D eigenvalue weighted by atomic mass is 16.5. The number of esters is 1. The number of methoxy groups -OCH3 is 1. The van der Waals surface area contributed by atoms with Crippen molar-refractivity contribution < 1.29 is 9.53 Å². The molecule has 1 N–H and O–H groups in total. The number of rotatable bonds is 2. The molecule has 3 nitrogen and oxygen atoms in total. The van der Waals surface area contributed by atoms with Gasteiger partial charge >= 0.3 is 5.97 Å². The Morgan fingerprint density at radius 3 is 2.60 bits per heavy atom. The van der Waals surface area contributed by atoms with Gasteiger partial charge in [-0.3, -0.25) is 4.79 Å². The van der Waals surface area contributed by atoms with E-state index in [2.05, 4.69) is 5.32 Å². The maximum absolute atomic E-state index is 11.4. The van der Waals surface area contributed by atoms with E-state index in [1.807, 2.05) is 0 Å². The van der Waals surface area contributed by atoms with Crippen molar-refractivity contribution in [1.29, 1.82) is 0 Å². The van der Waals surface area contributed by atoms with Crippen LogP contribution in [0.25, 0.3) is 0 Å². The van der Waals surface area contributed by atoms with E-state index in [1.165, 1.54) is 39.2 Å². The van der Waals surface area contributed by atoms with E-state index in [4.69, 9.17) is 4.74 Å². The van der Waals surface area contributed by atoms with E-state index in [9.17, 15) is 4.79 Å². The van der Waals surface area contributed by atoms with Crippen LogP contribution in [0.1, 0.15) is 38.5 Å². The summed E-state index contributed by atoms with van der Waals surface area (Å²) in [5.41, 5.74) is 0. The molecule has 0 aromatic heterocycles. The predicted octanol–water partition coefficient (Wildman–Crippen LogP) is 1.72. The molecule has 15 heavy (non-hydrogen) atoms. The van der Waals surface area contributed by atoms with Crippen molar-refractivity contribution in [3.8, 4) is 0 Å². The van der Waals surface area contributed by atoms with E-state index in [0.717, 1.165) is 18.9 Å². The van der Waals surface area contributed by atoms with Crippen LogP contribution in [-0.4, -0.2) is 25.7 Å². The van der Waals surface area contributed by atoms with Crippen molar-refractivity contribution in [2.24, 2.45) is 11.8 Å². The molecule has 3 heteroatoms. The van der Waals surface area contributed by atoms with Gasteiger partial charge in [0.05, 0.1) is 7.11 Å². The summed E-state index contributed by atoms with van der Waals surface area (Å²) in [4.78, 5) is 11.4. The molecule has 0 bridgehead atoms. The minimum absolute atomic E-state index is 0.0399. The van der Waals surface area contributed by atoms with E-state index in [1.54, 1.807) is 0 Å². The van der Waals surface area contributed by atoms with Crippen LogP contribution in [0.5, 0.6) is 0 Å². The van der Waals surface area contributed by atoms with E-state index < -0.39 is 0 Å². The molecule has 0 radical (unpaired) electrons. The summed E-state index contributed by atoms with van der Waals surface area (Å²) in [6, 6.07) is -0.0399. The quantitative estimate of drug-likeness (QED) is 0.707. The fourth-order valence-corrected chi connectivity index (χ4v) is 3.05. The highest BCUT2D eigenvalue weighted by Gasteiger charge is 2.34. The Hall–Kier alpha value is -0.570. The third-order valence-electron chi connectivity index (χ3n) is 3.97. The Bertz CT molecular complexity index is 224. The maximum Gasteiger partial charge on any atom is 0.322 e. The van der Waals surface area contributed by atoms with Crippen LogP contribution in [0, 0.1) is 11.8 Å². The van der Waals surface area contributed by atoms with Gasteiger partial charge in [-0.15, -0.1) is 0 Å². The van der Waals surface area contributed by atoms with Crippen molar-refractivity contribution in [2.45, 2.75) is 44.6 Å². The SMILES string of the molecule is COC(=O)C1CC(C2CCCCC2)CN1. The van der Waals surface area contributed by atoms with Crippen LogP contribution in [-0.2, 0) is 9.53 Å². The molecular formula is C12H21NO2. The third-order valence-corrected chi connectivity index (χ3v) is 3.97. The fourth-order valence-electron chi connectivity index (χ4n) is 3.05. The lowest BCUT2D eigenvalue weighted by Crippen LogP contribution is -2.31. The molecule has 0 amide bonds. The van der Waals surface area contributed by atoms with Crippen molar-refractivity contribution >= 4 is 5.97 Å². The van der Waals surface area contributed by atoms with Gasteiger partial charge in [-0.1, -0.05) is 32.1 Å². The third kappa shape index (κ3) is 2.51. The lowest BCUT2D eigenvalue weighted by atomic mass is 9.79. The summed E-state index contributed by atoms with van der Waals surface area (Å²) in [7, 11) is 1.47. The summed E-state index contributed by atoms with van der Waals surface area (Å²) in [5.74, 6) is 1.46.